The van der Waals surface area contributed by atoms with Gasteiger partial charge in [0.1, 0.15) is 11.5 Å². The minimum absolute atomic E-state index is 0.0511. The molecule has 1 saturated carbocycles. The van der Waals surface area contributed by atoms with Crippen LogP contribution in [-0.4, -0.2) is 44.4 Å². The van der Waals surface area contributed by atoms with Gasteiger partial charge in [-0.2, -0.15) is 0 Å². The van der Waals surface area contributed by atoms with Gasteiger partial charge >= 0.3 is 0 Å². The second-order valence-electron chi connectivity index (χ2n) is 8.94. The zero-order valence-electron chi connectivity index (χ0n) is 17.1. The molecule has 29 heavy (non-hydrogen) atoms. The average Bonchev–Trinajstić information content (AvgIpc) is 3.41. The number of aromatic nitrogens is 2. The topological polar surface area (TPSA) is 67.2 Å². The molecule has 152 valence electrons. The van der Waals surface area contributed by atoms with Crippen molar-refractivity contribution in [3.05, 3.63) is 41.7 Å². The van der Waals surface area contributed by atoms with Gasteiger partial charge in [0, 0.05) is 36.5 Å². The highest BCUT2D eigenvalue weighted by Crippen LogP contribution is 2.40. The third kappa shape index (κ3) is 3.24. The quantitative estimate of drug-likeness (QED) is 0.870. The molecule has 0 radical (unpaired) electrons. The first-order valence-corrected chi connectivity index (χ1v) is 10.8. The Morgan fingerprint density at radius 1 is 1.07 bits per heavy atom. The Labute approximate surface area is 171 Å². The van der Waals surface area contributed by atoms with E-state index in [9.17, 15) is 9.59 Å². The summed E-state index contributed by atoms with van der Waals surface area (Å²) >= 11 is 0. The Bertz CT molecular complexity index is 945. The number of rotatable bonds is 4. The summed E-state index contributed by atoms with van der Waals surface area (Å²) < 4.78 is 2.21. The number of hydrogen-bond donors (Lipinski definition) is 1. The summed E-state index contributed by atoms with van der Waals surface area (Å²) in [6, 6.07) is 10.5. The number of benzene rings is 1. The van der Waals surface area contributed by atoms with Crippen LogP contribution in [0.25, 0.3) is 11.4 Å². The molecule has 1 aromatic heterocycles. The highest BCUT2D eigenvalue weighted by Gasteiger charge is 2.46. The minimum Gasteiger partial charge on any atom is -0.348 e. The lowest BCUT2D eigenvalue weighted by molar-refractivity contribution is -0.135. The van der Waals surface area contributed by atoms with Gasteiger partial charge < -0.3 is 14.8 Å². The molecule has 2 amide bonds. The number of hydrogen-bond acceptors (Lipinski definition) is 3. The van der Waals surface area contributed by atoms with E-state index >= 15 is 0 Å². The first-order chi connectivity index (χ1) is 14.0. The number of carbonyl (C=O) groups is 2. The molecule has 5 rings (SSSR count). The average molecular weight is 393 g/mol. The lowest BCUT2D eigenvalue weighted by Crippen LogP contribution is -2.43. The maximum atomic E-state index is 13.0. The molecule has 3 heterocycles. The maximum absolute atomic E-state index is 13.0. The second-order valence-corrected chi connectivity index (χ2v) is 8.94. The molecule has 1 aromatic carbocycles. The van der Waals surface area contributed by atoms with Crippen molar-refractivity contribution in [2.45, 2.75) is 70.6 Å². The molecule has 1 saturated heterocycles. The molecule has 2 fully saturated rings. The van der Waals surface area contributed by atoms with E-state index in [0.717, 1.165) is 49.3 Å². The summed E-state index contributed by atoms with van der Waals surface area (Å²) in [6.07, 6.45) is 4.80. The molecule has 6 nitrogen and oxygen atoms in total. The number of fused-ring (bicyclic) bond motifs is 3. The van der Waals surface area contributed by atoms with Gasteiger partial charge in [-0.3, -0.25) is 9.59 Å². The van der Waals surface area contributed by atoms with Gasteiger partial charge in [-0.05, 0) is 39.5 Å². The first-order valence-electron chi connectivity index (χ1n) is 10.8. The van der Waals surface area contributed by atoms with Crippen molar-refractivity contribution in [2.24, 2.45) is 5.92 Å². The van der Waals surface area contributed by atoms with Gasteiger partial charge in [-0.1, -0.05) is 30.3 Å². The zero-order valence-corrected chi connectivity index (χ0v) is 17.1. The van der Waals surface area contributed by atoms with Crippen LogP contribution in [-0.2, 0) is 17.8 Å². The van der Waals surface area contributed by atoms with Crippen LogP contribution in [0.2, 0.25) is 0 Å². The van der Waals surface area contributed by atoms with Gasteiger partial charge in [0.25, 0.3) is 5.91 Å². The number of amides is 2. The van der Waals surface area contributed by atoms with Crippen molar-refractivity contribution >= 4 is 11.8 Å². The molecule has 2 atom stereocenters. The largest absolute Gasteiger partial charge is 0.348 e. The molecular formula is C23H28N4O2. The third-order valence-corrected chi connectivity index (χ3v) is 6.36. The summed E-state index contributed by atoms with van der Waals surface area (Å²) in [5, 5.41) is 3.01. The van der Waals surface area contributed by atoms with Crippen molar-refractivity contribution in [1.82, 2.24) is 19.8 Å². The Kier molecular flexibility index (Phi) is 4.45. The summed E-state index contributed by atoms with van der Waals surface area (Å²) in [4.78, 5) is 32.9. The minimum atomic E-state index is -0.122. The summed E-state index contributed by atoms with van der Waals surface area (Å²) in [5.41, 5.74) is 2.50. The molecule has 0 spiro atoms. The van der Waals surface area contributed by atoms with Crippen LogP contribution in [0, 0.1) is 5.92 Å². The summed E-state index contributed by atoms with van der Waals surface area (Å²) in [7, 11) is 0. The van der Waals surface area contributed by atoms with Crippen molar-refractivity contribution < 1.29 is 9.59 Å². The van der Waals surface area contributed by atoms with Crippen LogP contribution in [0.15, 0.2) is 30.3 Å². The van der Waals surface area contributed by atoms with E-state index in [0.29, 0.717) is 18.0 Å². The predicted molar refractivity (Wildman–Crippen MR) is 110 cm³/mol. The fraction of sp³-hybridized carbons (Fsp3) is 0.522. The Morgan fingerprint density at radius 3 is 2.48 bits per heavy atom. The highest BCUT2D eigenvalue weighted by atomic mass is 16.2. The van der Waals surface area contributed by atoms with Gasteiger partial charge in [0.15, 0.2) is 0 Å². The zero-order chi connectivity index (χ0) is 20.1. The van der Waals surface area contributed by atoms with Crippen LogP contribution < -0.4 is 5.32 Å². The highest BCUT2D eigenvalue weighted by molar-refractivity contribution is 5.94. The molecule has 3 aliphatic rings. The van der Waals surface area contributed by atoms with E-state index in [1.54, 1.807) is 0 Å². The number of nitrogens with one attached hydrogen (secondary N) is 1. The predicted octanol–water partition coefficient (Wildman–Crippen LogP) is 3.01. The summed E-state index contributed by atoms with van der Waals surface area (Å²) in [5.74, 6) is 1.27. The Hall–Kier alpha value is -2.63. The van der Waals surface area contributed by atoms with Crippen LogP contribution in [0.5, 0.6) is 0 Å². The molecular weight excluding hydrogens is 364 g/mol. The number of carbonyl (C=O) groups excluding carboxylic acids is 2. The van der Waals surface area contributed by atoms with Crippen LogP contribution in [0.4, 0.5) is 0 Å². The fourth-order valence-electron chi connectivity index (χ4n) is 4.89. The van der Waals surface area contributed by atoms with E-state index in [2.05, 4.69) is 14.8 Å². The third-order valence-electron chi connectivity index (χ3n) is 6.36. The van der Waals surface area contributed by atoms with Gasteiger partial charge in [0.05, 0.1) is 11.7 Å². The van der Waals surface area contributed by atoms with E-state index in [1.807, 2.05) is 44.2 Å². The van der Waals surface area contributed by atoms with Gasteiger partial charge in [-0.15, -0.1) is 0 Å². The summed E-state index contributed by atoms with van der Waals surface area (Å²) in [6.45, 7) is 4.64. The smallest absolute Gasteiger partial charge is 0.271 e. The SMILES string of the molecule is CC(C)NC(=O)c1nc(-c2ccccc2)n2c1C[C@@H]1CC[C@H](C2)N1C(=O)C1CC1. The standard InChI is InChI=1S/C23H28N4O2/c1-14(2)24-22(28)20-19-12-17-10-11-18(27(17)23(29)16-8-9-16)13-26(19)21(25-20)15-6-4-3-5-7-15/h3-7,14,16-18H,8-13H2,1-2H3,(H,24,28)/t17-,18+/m0/s1. The van der Waals surface area contributed by atoms with Crippen molar-refractivity contribution in [3.8, 4) is 11.4 Å². The van der Waals surface area contributed by atoms with E-state index < -0.39 is 0 Å². The molecule has 2 aliphatic heterocycles. The van der Waals surface area contributed by atoms with Crippen LogP contribution in [0.3, 0.4) is 0 Å². The van der Waals surface area contributed by atoms with Gasteiger partial charge in [-0.25, -0.2) is 4.98 Å². The van der Waals surface area contributed by atoms with Crippen molar-refractivity contribution in [1.29, 1.82) is 0 Å². The van der Waals surface area contributed by atoms with Gasteiger partial charge in [0.2, 0.25) is 5.91 Å². The lowest BCUT2D eigenvalue weighted by Gasteiger charge is -2.28. The van der Waals surface area contributed by atoms with E-state index in [1.165, 1.54) is 0 Å². The Balaban J connectivity index is 1.58. The fourth-order valence-corrected chi connectivity index (χ4v) is 4.89. The molecule has 6 heteroatoms. The molecule has 1 N–H and O–H groups in total. The number of imidazole rings is 1. The van der Waals surface area contributed by atoms with Crippen LogP contribution >= 0.6 is 0 Å². The first kappa shape index (κ1) is 18.4. The maximum Gasteiger partial charge on any atom is 0.271 e. The number of nitrogens with zero attached hydrogens (tertiary/aromatic N) is 3. The lowest BCUT2D eigenvalue weighted by atomic mass is 10.0. The Morgan fingerprint density at radius 2 is 1.79 bits per heavy atom. The van der Waals surface area contributed by atoms with Crippen molar-refractivity contribution in [2.75, 3.05) is 0 Å². The second kappa shape index (κ2) is 7.01. The molecule has 2 bridgehead atoms. The molecule has 1 aliphatic carbocycles. The van der Waals surface area contributed by atoms with Crippen molar-refractivity contribution in [3.63, 3.8) is 0 Å². The monoisotopic (exact) mass is 392 g/mol. The van der Waals surface area contributed by atoms with E-state index in [4.69, 9.17) is 4.98 Å². The van der Waals surface area contributed by atoms with E-state index in [-0.39, 0.29) is 30.0 Å². The van der Waals surface area contributed by atoms with Crippen LogP contribution in [0.1, 0.15) is 55.7 Å². The normalized spacial score (nSPS) is 23.1. The molecule has 0 unspecified atom stereocenters. The molecule has 2 aromatic rings.